The summed E-state index contributed by atoms with van der Waals surface area (Å²) in [4.78, 5) is 48.3. The van der Waals surface area contributed by atoms with Crippen molar-refractivity contribution in [3.05, 3.63) is 143 Å². The smallest absolute Gasteiger partial charge is 0.336 e. The van der Waals surface area contributed by atoms with Crippen molar-refractivity contribution < 1.29 is 56.4 Å². The maximum Gasteiger partial charge on any atom is 0.336 e. The molecule has 0 N–H and O–H groups in total. The van der Waals surface area contributed by atoms with E-state index in [1.807, 2.05) is 26.0 Å². The SMILES string of the molecule is C=C(C)C(=O)OCOc1ccc(C=CC(=O)Oc2ccc3c(c2)C(C)(C)c2cc(OC(=O)C=Cc4ccc(OCOC(=O)C(=C)C)cc4F)ccc2-3)c(F)c1. The average molecular weight is 751 g/mol. The Kier molecular flexibility index (Phi) is 12.1. The molecule has 0 bridgehead atoms. The zero-order valence-electron chi connectivity index (χ0n) is 30.4. The maximum atomic E-state index is 14.6. The van der Waals surface area contributed by atoms with Crippen molar-refractivity contribution >= 4 is 36.0 Å². The normalized spacial score (nSPS) is 12.4. The van der Waals surface area contributed by atoms with Crippen LogP contribution in [0.2, 0.25) is 0 Å². The van der Waals surface area contributed by atoms with Crippen LogP contribution in [0.4, 0.5) is 8.78 Å². The fraction of sp³-hybridized carbons (Fsp3) is 0.163. The molecule has 0 atom stereocenters. The van der Waals surface area contributed by atoms with Crippen molar-refractivity contribution in [3.63, 3.8) is 0 Å². The minimum absolute atomic E-state index is 0.106. The summed E-state index contributed by atoms with van der Waals surface area (Å²) in [5, 5.41) is 0. The van der Waals surface area contributed by atoms with Gasteiger partial charge in [-0.2, -0.15) is 0 Å². The van der Waals surface area contributed by atoms with Gasteiger partial charge >= 0.3 is 23.9 Å². The van der Waals surface area contributed by atoms with Crippen molar-refractivity contribution in [3.8, 4) is 34.1 Å². The number of hydrogen-bond acceptors (Lipinski definition) is 10. The Morgan fingerprint density at radius 3 is 1.35 bits per heavy atom. The van der Waals surface area contributed by atoms with Crippen LogP contribution in [0.15, 0.2) is 109 Å². The molecule has 0 saturated heterocycles. The van der Waals surface area contributed by atoms with Gasteiger partial charge in [-0.15, -0.1) is 0 Å². The third kappa shape index (κ3) is 9.79. The van der Waals surface area contributed by atoms with E-state index in [1.54, 1.807) is 24.3 Å². The van der Waals surface area contributed by atoms with Crippen molar-refractivity contribution in [1.82, 2.24) is 0 Å². The first-order chi connectivity index (χ1) is 26.1. The number of carbonyl (C=O) groups excluding carboxylic acids is 4. The highest BCUT2D eigenvalue weighted by atomic mass is 19.1. The molecule has 55 heavy (non-hydrogen) atoms. The number of esters is 4. The Bertz CT molecular complexity index is 2110. The van der Waals surface area contributed by atoms with Crippen LogP contribution < -0.4 is 18.9 Å². The first kappa shape index (κ1) is 39.4. The Hall–Kier alpha value is -6.82. The summed E-state index contributed by atoms with van der Waals surface area (Å²) in [6.45, 7) is 13.0. The molecule has 0 fully saturated rings. The number of ether oxygens (including phenoxy) is 6. The molecule has 0 unspecified atom stereocenters. The number of carbonyl (C=O) groups is 4. The highest BCUT2D eigenvalue weighted by Crippen LogP contribution is 2.50. The van der Waals surface area contributed by atoms with Crippen molar-refractivity contribution in [2.24, 2.45) is 0 Å². The van der Waals surface area contributed by atoms with E-state index in [9.17, 15) is 28.0 Å². The molecule has 10 nitrogen and oxygen atoms in total. The van der Waals surface area contributed by atoms with Crippen LogP contribution >= 0.6 is 0 Å². The lowest BCUT2D eigenvalue weighted by Crippen LogP contribution is -2.16. The predicted octanol–water partition coefficient (Wildman–Crippen LogP) is 8.42. The van der Waals surface area contributed by atoms with E-state index in [0.29, 0.717) is 0 Å². The molecule has 5 rings (SSSR count). The van der Waals surface area contributed by atoms with Crippen LogP contribution in [0.3, 0.4) is 0 Å². The molecule has 0 aromatic heterocycles. The molecular formula is C43H36F2O10. The summed E-state index contributed by atoms with van der Waals surface area (Å²) in [5.74, 6) is -3.26. The van der Waals surface area contributed by atoms with E-state index in [0.717, 1.165) is 46.5 Å². The monoisotopic (exact) mass is 750 g/mol. The van der Waals surface area contributed by atoms with Gasteiger partial charge in [-0.05, 0) is 96.8 Å². The van der Waals surface area contributed by atoms with Gasteiger partial charge in [-0.25, -0.2) is 28.0 Å². The summed E-state index contributed by atoms with van der Waals surface area (Å²) in [6, 6.07) is 18.4. The Morgan fingerprint density at radius 2 is 0.982 bits per heavy atom. The third-order valence-electron chi connectivity index (χ3n) is 8.33. The van der Waals surface area contributed by atoms with E-state index in [4.69, 9.17) is 28.4 Å². The fourth-order valence-corrected chi connectivity index (χ4v) is 5.45. The van der Waals surface area contributed by atoms with E-state index in [1.165, 1.54) is 50.3 Å². The quantitative estimate of drug-likeness (QED) is 0.0537. The zero-order valence-corrected chi connectivity index (χ0v) is 30.4. The summed E-state index contributed by atoms with van der Waals surface area (Å²) >= 11 is 0. The molecule has 12 heteroatoms. The summed E-state index contributed by atoms with van der Waals surface area (Å²) in [5.41, 5.74) is 3.59. The van der Waals surface area contributed by atoms with Crippen molar-refractivity contribution in [2.45, 2.75) is 33.1 Å². The Labute approximate surface area is 315 Å². The van der Waals surface area contributed by atoms with Crippen LogP contribution in [-0.2, 0) is 34.1 Å². The number of rotatable bonds is 14. The fourth-order valence-electron chi connectivity index (χ4n) is 5.45. The van der Waals surface area contributed by atoms with Gasteiger partial charge in [0.1, 0.15) is 34.6 Å². The Morgan fingerprint density at radius 1 is 0.600 bits per heavy atom. The standard InChI is InChI=1S/C43H36F2O10/c1-25(2)41(48)52-23-50-29-11-7-27(37(44)21-29)9-17-39(46)54-31-13-15-33-34-16-14-32(20-36(34)43(5,6)35(33)19-31)55-40(47)18-10-28-8-12-30(22-38(28)45)51-24-53-42(49)26(3)4/h7-22H,1,3,23-24H2,2,4-6H3. The molecule has 4 aromatic rings. The Balaban J connectivity index is 1.18. The molecule has 282 valence electrons. The zero-order chi connectivity index (χ0) is 39.9. The van der Waals surface area contributed by atoms with Gasteiger partial charge in [0.2, 0.25) is 13.6 Å². The molecule has 0 saturated carbocycles. The molecule has 4 aromatic carbocycles. The second-order valence-electron chi connectivity index (χ2n) is 12.9. The second kappa shape index (κ2) is 16.9. The van der Waals surface area contributed by atoms with Crippen LogP contribution in [0.25, 0.3) is 23.3 Å². The van der Waals surface area contributed by atoms with Gasteiger partial charge < -0.3 is 28.4 Å². The average Bonchev–Trinajstić information content (AvgIpc) is 3.35. The van der Waals surface area contributed by atoms with Crippen LogP contribution in [0.5, 0.6) is 23.0 Å². The predicted molar refractivity (Wildman–Crippen MR) is 199 cm³/mol. The maximum absolute atomic E-state index is 14.6. The summed E-state index contributed by atoms with van der Waals surface area (Å²) in [6.07, 6.45) is 4.73. The minimum atomic E-state index is -0.729. The molecule has 1 aliphatic rings. The molecule has 0 aliphatic heterocycles. The van der Waals surface area contributed by atoms with E-state index in [-0.39, 0.29) is 45.3 Å². The topological polar surface area (TPSA) is 124 Å². The number of benzene rings is 4. The molecule has 0 spiro atoms. The van der Waals surface area contributed by atoms with Crippen molar-refractivity contribution in [1.29, 1.82) is 0 Å². The highest BCUT2D eigenvalue weighted by Gasteiger charge is 2.36. The largest absolute Gasteiger partial charge is 0.457 e. The van der Waals surface area contributed by atoms with Gasteiger partial charge in [-0.1, -0.05) is 39.1 Å². The first-order valence-electron chi connectivity index (χ1n) is 16.7. The summed E-state index contributed by atoms with van der Waals surface area (Å²) in [7, 11) is 0. The minimum Gasteiger partial charge on any atom is -0.457 e. The van der Waals surface area contributed by atoms with Gasteiger partial charge in [0.05, 0.1) is 0 Å². The molecule has 1 aliphatic carbocycles. The number of hydrogen-bond donors (Lipinski definition) is 0. The summed E-state index contributed by atoms with van der Waals surface area (Å²) < 4.78 is 60.5. The number of halogens is 2. The molecule has 0 amide bonds. The molecular weight excluding hydrogens is 714 g/mol. The van der Waals surface area contributed by atoms with Gasteiger partial charge in [0, 0.05) is 52.0 Å². The van der Waals surface area contributed by atoms with E-state index in [2.05, 4.69) is 13.2 Å². The van der Waals surface area contributed by atoms with Crippen LogP contribution in [0, 0.1) is 11.6 Å². The second-order valence-corrected chi connectivity index (χ2v) is 12.9. The van der Waals surface area contributed by atoms with Gasteiger partial charge in [-0.3, -0.25) is 0 Å². The highest BCUT2D eigenvalue weighted by molar-refractivity contribution is 5.91. The lowest BCUT2D eigenvalue weighted by Gasteiger charge is -2.22. The van der Waals surface area contributed by atoms with Crippen LogP contribution in [-0.4, -0.2) is 37.5 Å². The van der Waals surface area contributed by atoms with Gasteiger partial charge in [0.15, 0.2) is 0 Å². The van der Waals surface area contributed by atoms with E-state index < -0.39 is 54.5 Å². The van der Waals surface area contributed by atoms with Crippen molar-refractivity contribution in [2.75, 3.05) is 13.6 Å². The molecule has 0 heterocycles. The lowest BCUT2D eigenvalue weighted by molar-refractivity contribution is -0.146. The number of fused-ring (bicyclic) bond motifs is 3. The lowest BCUT2D eigenvalue weighted by atomic mass is 9.82. The van der Waals surface area contributed by atoms with E-state index >= 15 is 0 Å². The van der Waals surface area contributed by atoms with Crippen LogP contribution in [0.1, 0.15) is 49.9 Å². The molecule has 0 radical (unpaired) electrons. The third-order valence-corrected chi connectivity index (χ3v) is 8.33. The van der Waals surface area contributed by atoms with Gasteiger partial charge in [0.25, 0.3) is 0 Å². The first-order valence-corrected chi connectivity index (χ1v) is 16.7.